The second kappa shape index (κ2) is 4.26. The number of amidine groups is 1. The Labute approximate surface area is 124 Å². The molecule has 4 nitrogen and oxygen atoms in total. The van der Waals surface area contributed by atoms with Crippen molar-refractivity contribution in [3.8, 4) is 5.75 Å². The molecule has 20 heavy (non-hydrogen) atoms. The van der Waals surface area contributed by atoms with Gasteiger partial charge < -0.3 is 4.74 Å². The second-order valence-electron chi connectivity index (χ2n) is 4.32. The molecule has 2 aliphatic heterocycles. The number of benzene rings is 2. The number of amides is 1. The summed E-state index contributed by atoms with van der Waals surface area (Å²) in [5, 5.41) is 0.523. The molecule has 0 radical (unpaired) electrons. The topological polar surface area (TPSA) is 41.9 Å². The largest absolute Gasteiger partial charge is 0.424 e. The first kappa shape index (κ1) is 11.8. The van der Waals surface area contributed by atoms with Crippen LogP contribution in [-0.4, -0.2) is 11.9 Å². The van der Waals surface area contributed by atoms with Gasteiger partial charge in [-0.05, 0) is 24.3 Å². The van der Waals surface area contributed by atoms with E-state index >= 15 is 0 Å². The van der Waals surface area contributed by atoms with Gasteiger partial charge in [0.05, 0.1) is 16.1 Å². The van der Waals surface area contributed by atoms with E-state index in [0.29, 0.717) is 16.3 Å². The lowest BCUT2D eigenvalue weighted by atomic mass is 10.1. The molecule has 0 N–H and O–H groups in total. The normalized spacial score (nSPS) is 15.8. The third-order valence-corrected chi connectivity index (χ3v) is 4.12. The summed E-state index contributed by atoms with van der Waals surface area (Å²) in [6.45, 7) is 0. The van der Waals surface area contributed by atoms with E-state index in [9.17, 15) is 4.79 Å². The van der Waals surface area contributed by atoms with Crippen molar-refractivity contribution in [3.05, 3.63) is 53.1 Å². The summed E-state index contributed by atoms with van der Waals surface area (Å²) in [6, 6.07) is 12.8. The Hall–Kier alpha value is -1.98. The molecule has 0 aliphatic carbocycles. The lowest BCUT2D eigenvalue weighted by Crippen LogP contribution is -2.45. The number of carbonyl (C=O) groups excluding carboxylic acids is 1. The fraction of sp³-hybridized carbons (Fsp3) is 0. The number of carbonyl (C=O) groups is 1. The molecule has 0 fully saturated rings. The first-order chi connectivity index (χ1) is 9.74. The van der Waals surface area contributed by atoms with Gasteiger partial charge in [0.25, 0.3) is 5.91 Å². The van der Waals surface area contributed by atoms with Crippen molar-refractivity contribution in [1.29, 1.82) is 0 Å². The van der Waals surface area contributed by atoms with Crippen molar-refractivity contribution in [2.45, 2.75) is 4.90 Å². The zero-order valence-corrected chi connectivity index (χ0v) is 11.6. The van der Waals surface area contributed by atoms with Crippen LogP contribution in [0.4, 0.5) is 5.69 Å². The number of halogens is 1. The molecule has 0 unspecified atom stereocenters. The highest BCUT2D eigenvalue weighted by Crippen LogP contribution is 2.40. The maximum Gasteiger partial charge on any atom is 0.316 e. The molecule has 0 atom stereocenters. The summed E-state index contributed by atoms with van der Waals surface area (Å²) in [5.41, 5.74) is 1.27. The summed E-state index contributed by atoms with van der Waals surface area (Å²) in [4.78, 5) is 15.0. The fourth-order valence-electron chi connectivity index (χ4n) is 2.19. The standard InChI is InChI=1S/C14H7ClN2O2S/c15-8-5-6-9-11(7-8)19-14-16-20-12-4-2-1-3-10(12)17(14)13(9)18/h1-7H. The van der Waals surface area contributed by atoms with E-state index in [1.165, 1.54) is 16.8 Å². The number of hydrogen-bond donors (Lipinski definition) is 0. The first-order valence-corrected chi connectivity index (χ1v) is 7.05. The minimum Gasteiger partial charge on any atom is -0.424 e. The molecular formula is C14H7ClN2O2S. The lowest BCUT2D eigenvalue weighted by Gasteiger charge is -2.32. The minimum atomic E-state index is -0.158. The Kier molecular flexibility index (Phi) is 2.52. The van der Waals surface area contributed by atoms with Crippen molar-refractivity contribution in [2.24, 2.45) is 4.40 Å². The predicted octanol–water partition coefficient (Wildman–Crippen LogP) is 3.76. The number of anilines is 1. The SMILES string of the molecule is O=C1c2ccc(Cl)cc2OC2=NSc3ccccc3N12. The quantitative estimate of drug-likeness (QED) is 0.696. The number of ether oxygens (including phenoxy) is 1. The zero-order valence-electron chi connectivity index (χ0n) is 10.0. The molecule has 0 saturated heterocycles. The number of nitrogens with zero attached hydrogens (tertiary/aromatic N) is 2. The Bertz CT molecular complexity index is 776. The third kappa shape index (κ3) is 1.63. The monoisotopic (exact) mass is 302 g/mol. The van der Waals surface area contributed by atoms with Crippen LogP contribution in [0.5, 0.6) is 5.75 Å². The Morgan fingerprint density at radius 1 is 1.20 bits per heavy atom. The van der Waals surface area contributed by atoms with Crippen LogP contribution >= 0.6 is 23.5 Å². The summed E-state index contributed by atoms with van der Waals surface area (Å²) in [6.07, 6.45) is 0. The van der Waals surface area contributed by atoms with E-state index in [-0.39, 0.29) is 11.9 Å². The van der Waals surface area contributed by atoms with Gasteiger partial charge in [0.15, 0.2) is 0 Å². The van der Waals surface area contributed by atoms with E-state index < -0.39 is 0 Å². The Morgan fingerprint density at radius 2 is 2.05 bits per heavy atom. The van der Waals surface area contributed by atoms with E-state index in [2.05, 4.69) is 4.40 Å². The highest BCUT2D eigenvalue weighted by molar-refractivity contribution is 7.98. The summed E-state index contributed by atoms with van der Waals surface area (Å²) in [7, 11) is 0. The van der Waals surface area contributed by atoms with Gasteiger partial charge in [0, 0.05) is 23.0 Å². The Morgan fingerprint density at radius 3 is 2.95 bits per heavy atom. The molecular weight excluding hydrogens is 296 g/mol. The van der Waals surface area contributed by atoms with Gasteiger partial charge in [-0.2, -0.15) is 4.40 Å². The molecule has 2 aromatic rings. The average molecular weight is 303 g/mol. The van der Waals surface area contributed by atoms with E-state index in [1.807, 2.05) is 24.3 Å². The summed E-state index contributed by atoms with van der Waals surface area (Å²) < 4.78 is 9.94. The van der Waals surface area contributed by atoms with Crippen LogP contribution in [0.1, 0.15) is 10.4 Å². The van der Waals surface area contributed by atoms with Gasteiger partial charge in [0.2, 0.25) is 0 Å². The van der Waals surface area contributed by atoms with Gasteiger partial charge in [-0.1, -0.05) is 23.7 Å². The van der Waals surface area contributed by atoms with Crippen LogP contribution in [-0.2, 0) is 0 Å². The zero-order chi connectivity index (χ0) is 13.7. The molecule has 4 rings (SSSR count). The molecule has 2 aromatic carbocycles. The highest BCUT2D eigenvalue weighted by Gasteiger charge is 2.36. The van der Waals surface area contributed by atoms with Gasteiger partial charge in [-0.15, -0.1) is 0 Å². The summed E-state index contributed by atoms with van der Waals surface area (Å²) in [5.74, 6) is 0.284. The lowest BCUT2D eigenvalue weighted by molar-refractivity contribution is 0.0989. The smallest absolute Gasteiger partial charge is 0.316 e. The van der Waals surface area contributed by atoms with Crippen molar-refractivity contribution >= 4 is 41.2 Å². The Balaban J connectivity index is 1.90. The van der Waals surface area contributed by atoms with Crippen LogP contribution < -0.4 is 9.64 Å². The van der Waals surface area contributed by atoms with Crippen molar-refractivity contribution in [1.82, 2.24) is 0 Å². The van der Waals surface area contributed by atoms with Crippen molar-refractivity contribution in [3.63, 3.8) is 0 Å². The third-order valence-electron chi connectivity index (χ3n) is 3.10. The number of rotatable bonds is 0. The van der Waals surface area contributed by atoms with Crippen molar-refractivity contribution < 1.29 is 9.53 Å². The van der Waals surface area contributed by atoms with E-state index in [1.54, 1.807) is 18.2 Å². The van der Waals surface area contributed by atoms with Crippen LogP contribution in [0.2, 0.25) is 5.02 Å². The molecule has 2 heterocycles. The second-order valence-corrected chi connectivity index (χ2v) is 5.56. The molecule has 98 valence electrons. The summed E-state index contributed by atoms with van der Waals surface area (Å²) >= 11 is 7.22. The molecule has 2 aliphatic rings. The van der Waals surface area contributed by atoms with Crippen LogP contribution in [0.15, 0.2) is 51.8 Å². The number of fused-ring (bicyclic) bond motifs is 4. The number of para-hydroxylation sites is 1. The maximum atomic E-state index is 12.6. The molecule has 0 spiro atoms. The highest BCUT2D eigenvalue weighted by atomic mass is 35.5. The number of hydrogen-bond acceptors (Lipinski definition) is 4. The maximum absolute atomic E-state index is 12.6. The van der Waals surface area contributed by atoms with Crippen LogP contribution in [0, 0.1) is 0 Å². The molecule has 6 heteroatoms. The average Bonchev–Trinajstić information content (AvgIpc) is 2.46. The van der Waals surface area contributed by atoms with Gasteiger partial charge in [-0.25, -0.2) is 4.90 Å². The molecule has 0 aromatic heterocycles. The van der Waals surface area contributed by atoms with E-state index in [0.717, 1.165) is 10.6 Å². The molecule has 0 saturated carbocycles. The van der Waals surface area contributed by atoms with Crippen LogP contribution in [0.25, 0.3) is 0 Å². The van der Waals surface area contributed by atoms with Gasteiger partial charge in [-0.3, -0.25) is 4.79 Å². The van der Waals surface area contributed by atoms with E-state index in [4.69, 9.17) is 16.3 Å². The van der Waals surface area contributed by atoms with Gasteiger partial charge >= 0.3 is 6.02 Å². The van der Waals surface area contributed by atoms with Crippen molar-refractivity contribution in [2.75, 3.05) is 4.90 Å². The molecule has 0 bridgehead atoms. The van der Waals surface area contributed by atoms with Crippen LogP contribution in [0.3, 0.4) is 0 Å². The minimum absolute atomic E-state index is 0.158. The fourth-order valence-corrected chi connectivity index (χ4v) is 3.04. The predicted molar refractivity (Wildman–Crippen MR) is 78.6 cm³/mol. The molecule has 1 amide bonds. The first-order valence-electron chi connectivity index (χ1n) is 5.90. The van der Waals surface area contributed by atoms with Gasteiger partial charge in [0.1, 0.15) is 5.75 Å².